The van der Waals surface area contributed by atoms with Crippen LogP contribution < -0.4 is 26.2 Å². The molecule has 1 aliphatic carbocycles. The Labute approximate surface area is 421 Å². The van der Waals surface area contributed by atoms with E-state index in [2.05, 4.69) is 234 Å². The Hall–Kier alpha value is -5.80. The van der Waals surface area contributed by atoms with Gasteiger partial charge in [0, 0.05) is 44.8 Å². The van der Waals surface area contributed by atoms with Crippen LogP contribution in [-0.4, -0.2) is 12.3 Å². The van der Waals surface area contributed by atoms with Gasteiger partial charge < -0.3 is 9.80 Å². The van der Waals surface area contributed by atoms with Crippen LogP contribution in [0.3, 0.4) is 0 Å². The van der Waals surface area contributed by atoms with Gasteiger partial charge in [0.25, 0.3) is 6.71 Å². The SMILES string of the molecule is CCCCCCC1(C)Cc2cc(C(C)(C)C)cc3c2N1c1cc(C)cc2c1B3c1c(ccc3c1-c1ccc(C(C)(C)C)cc1C3(C)C)N2c1c(-c2ccccc2)cc(C(C)(C)C)cc1-c1ccccc1. The Kier molecular flexibility index (Phi) is 10.7. The number of benzene rings is 7. The van der Waals surface area contributed by atoms with Crippen molar-refractivity contribution < 1.29 is 0 Å². The van der Waals surface area contributed by atoms with E-state index in [-0.39, 0.29) is 33.9 Å². The van der Waals surface area contributed by atoms with Crippen molar-refractivity contribution in [3.63, 3.8) is 0 Å². The maximum atomic E-state index is 2.89. The molecule has 0 saturated carbocycles. The summed E-state index contributed by atoms with van der Waals surface area (Å²) < 4.78 is 0. The van der Waals surface area contributed by atoms with Crippen LogP contribution in [0.5, 0.6) is 0 Å². The maximum absolute atomic E-state index is 2.89. The summed E-state index contributed by atoms with van der Waals surface area (Å²) in [5, 5.41) is 0. The number of nitrogens with zero attached hydrogens (tertiary/aromatic N) is 2. The van der Waals surface area contributed by atoms with Gasteiger partial charge in [-0.05, 0) is 151 Å². The predicted molar refractivity (Wildman–Crippen MR) is 305 cm³/mol. The van der Waals surface area contributed by atoms with Crippen LogP contribution in [0.15, 0.2) is 127 Å². The van der Waals surface area contributed by atoms with Crippen molar-refractivity contribution in [2.24, 2.45) is 0 Å². The van der Waals surface area contributed by atoms with Crippen LogP contribution >= 0.6 is 0 Å². The van der Waals surface area contributed by atoms with Crippen molar-refractivity contribution in [1.29, 1.82) is 0 Å². The van der Waals surface area contributed by atoms with Crippen molar-refractivity contribution in [2.75, 3.05) is 9.80 Å². The largest absolute Gasteiger partial charge is 0.336 e. The van der Waals surface area contributed by atoms with E-state index in [1.165, 1.54) is 143 Å². The third-order valence-corrected chi connectivity index (χ3v) is 17.0. The fourth-order valence-electron chi connectivity index (χ4n) is 13.1. The molecule has 0 fully saturated rings. The molecule has 1 unspecified atom stereocenters. The number of hydrogen-bond donors (Lipinski definition) is 0. The Morgan fingerprint density at radius 1 is 0.529 bits per heavy atom. The second-order valence-electron chi connectivity index (χ2n) is 25.6. The minimum absolute atomic E-state index is 0.0169. The van der Waals surface area contributed by atoms with Crippen molar-refractivity contribution >= 4 is 51.5 Å². The van der Waals surface area contributed by atoms with E-state index in [0.29, 0.717) is 0 Å². The summed E-state index contributed by atoms with van der Waals surface area (Å²) in [7, 11) is 0. The highest BCUT2D eigenvalue weighted by atomic mass is 15.2. The van der Waals surface area contributed by atoms with Crippen molar-refractivity contribution in [1.82, 2.24) is 0 Å². The lowest BCUT2D eigenvalue weighted by Gasteiger charge is -2.48. The van der Waals surface area contributed by atoms with Crippen LogP contribution in [0.2, 0.25) is 0 Å². The van der Waals surface area contributed by atoms with Gasteiger partial charge in [-0.15, -0.1) is 0 Å². The Balaban J connectivity index is 1.32. The monoisotopic (exact) mass is 919 g/mol. The average molecular weight is 919 g/mol. The van der Waals surface area contributed by atoms with Gasteiger partial charge in [-0.3, -0.25) is 0 Å². The first-order valence-electron chi connectivity index (χ1n) is 26.7. The molecule has 1 atom stereocenters. The van der Waals surface area contributed by atoms with Crippen LogP contribution in [-0.2, 0) is 28.1 Å². The van der Waals surface area contributed by atoms with Crippen LogP contribution in [0.1, 0.15) is 161 Å². The zero-order chi connectivity index (χ0) is 49.4. The molecule has 3 heteroatoms. The van der Waals surface area contributed by atoms with E-state index in [4.69, 9.17) is 0 Å². The quantitative estimate of drug-likeness (QED) is 0.111. The summed E-state index contributed by atoms with van der Waals surface area (Å²) in [6.45, 7) is 33.7. The summed E-state index contributed by atoms with van der Waals surface area (Å²) in [5.41, 5.74) is 28.5. The number of rotatable bonds is 8. The second-order valence-corrected chi connectivity index (χ2v) is 25.6. The Bertz CT molecular complexity index is 3170. The van der Waals surface area contributed by atoms with Crippen molar-refractivity contribution in [3.05, 3.63) is 166 Å². The fraction of sp³-hybridized carbons (Fsp3) is 0.373. The van der Waals surface area contributed by atoms with Crippen molar-refractivity contribution in [2.45, 2.75) is 163 Å². The molecule has 4 aliphatic rings. The topological polar surface area (TPSA) is 6.48 Å². The molecule has 7 aromatic carbocycles. The summed E-state index contributed by atoms with van der Waals surface area (Å²) >= 11 is 0. The van der Waals surface area contributed by atoms with E-state index in [1.807, 2.05) is 0 Å². The maximum Gasteiger partial charge on any atom is 0.252 e. The predicted octanol–water partition coefficient (Wildman–Crippen LogP) is 16.6. The van der Waals surface area contributed by atoms with Crippen LogP contribution in [0.4, 0.5) is 28.4 Å². The van der Waals surface area contributed by atoms with Crippen molar-refractivity contribution in [3.8, 4) is 33.4 Å². The minimum Gasteiger partial charge on any atom is -0.336 e. The second kappa shape index (κ2) is 16.1. The van der Waals surface area contributed by atoms with Gasteiger partial charge in [-0.25, -0.2) is 0 Å². The van der Waals surface area contributed by atoms with Crippen LogP contribution in [0, 0.1) is 6.92 Å². The number of unbranched alkanes of at least 4 members (excludes halogenated alkanes) is 3. The standard InChI is InChI=1S/C67H75BN2/c1-15-16-17-24-33-67(14)41-45-36-47(64(6,7)8)40-54-61(45)70(67)57-35-42(2)34-56-59(57)68(54)60-55(32-31-52-58(60)49-30-29-46(63(3,4)5)39-53(49)66(52,12)13)69(56)62-50(43-25-20-18-21-26-43)37-48(65(9,10)11)38-51(62)44-27-22-19-23-28-44/h18-23,25-32,34-40H,15-17,24,33,41H2,1-14H3. The molecule has 2 nitrogen and oxygen atoms in total. The van der Waals surface area contributed by atoms with Gasteiger partial charge in [0.2, 0.25) is 0 Å². The average Bonchev–Trinajstić information content (AvgIpc) is 3.74. The van der Waals surface area contributed by atoms with Gasteiger partial charge in [-0.2, -0.15) is 0 Å². The molecule has 7 aromatic rings. The summed E-state index contributed by atoms with van der Waals surface area (Å²) in [4.78, 5) is 5.65. The molecule has 11 rings (SSSR count). The molecule has 356 valence electrons. The lowest BCUT2D eigenvalue weighted by Crippen LogP contribution is -2.64. The summed E-state index contributed by atoms with van der Waals surface area (Å²) in [5.74, 6) is 0. The van der Waals surface area contributed by atoms with Gasteiger partial charge >= 0.3 is 0 Å². The van der Waals surface area contributed by atoms with Crippen LogP contribution in [0.25, 0.3) is 33.4 Å². The van der Waals surface area contributed by atoms with Gasteiger partial charge in [0.1, 0.15) is 0 Å². The molecular weight excluding hydrogens is 844 g/mol. The van der Waals surface area contributed by atoms with E-state index in [9.17, 15) is 0 Å². The van der Waals surface area contributed by atoms with Gasteiger partial charge in [-0.1, -0.05) is 206 Å². The lowest BCUT2D eigenvalue weighted by atomic mass is 9.32. The summed E-state index contributed by atoms with van der Waals surface area (Å²) in [6.07, 6.45) is 7.27. The van der Waals surface area contributed by atoms with E-state index < -0.39 is 0 Å². The first-order chi connectivity index (χ1) is 33.1. The molecule has 0 bridgehead atoms. The highest BCUT2D eigenvalue weighted by Gasteiger charge is 2.53. The smallest absolute Gasteiger partial charge is 0.252 e. The molecule has 0 amide bonds. The number of anilines is 5. The minimum atomic E-state index is -0.187. The first-order valence-corrected chi connectivity index (χ1v) is 26.7. The highest BCUT2D eigenvalue weighted by Crippen LogP contribution is 2.57. The van der Waals surface area contributed by atoms with E-state index in [1.54, 1.807) is 0 Å². The molecule has 70 heavy (non-hydrogen) atoms. The van der Waals surface area contributed by atoms with Gasteiger partial charge in [0.15, 0.2) is 0 Å². The molecule has 0 saturated heterocycles. The highest BCUT2D eigenvalue weighted by molar-refractivity contribution is 7.01. The zero-order valence-corrected chi connectivity index (χ0v) is 44.8. The molecule has 3 heterocycles. The Morgan fingerprint density at radius 2 is 1.13 bits per heavy atom. The molecule has 3 aliphatic heterocycles. The molecule has 0 N–H and O–H groups in total. The van der Waals surface area contributed by atoms with E-state index in [0.717, 1.165) is 12.8 Å². The van der Waals surface area contributed by atoms with E-state index >= 15 is 0 Å². The normalized spacial score (nSPS) is 17.3. The third-order valence-electron chi connectivity index (χ3n) is 17.0. The zero-order valence-electron chi connectivity index (χ0n) is 44.8. The lowest BCUT2D eigenvalue weighted by molar-refractivity contribution is 0.419. The molecule has 0 aromatic heterocycles. The third kappa shape index (κ3) is 7.18. The molecule has 0 radical (unpaired) electrons. The first kappa shape index (κ1) is 46.6. The number of fused-ring (bicyclic) bond motifs is 8. The fourth-order valence-corrected chi connectivity index (χ4v) is 13.1. The number of hydrogen-bond acceptors (Lipinski definition) is 2. The number of aryl methyl sites for hydroxylation is 1. The Morgan fingerprint density at radius 3 is 1.73 bits per heavy atom. The van der Waals surface area contributed by atoms with Gasteiger partial charge in [0.05, 0.1) is 5.69 Å². The summed E-state index contributed by atoms with van der Waals surface area (Å²) in [6, 6.07) is 50.5. The molecular formula is C67H75BN2. The molecule has 0 spiro atoms.